The average molecular weight is 599 g/mol. The Morgan fingerprint density at radius 2 is 1.08 bits per heavy atom. The molecule has 0 aromatic heterocycles. The second-order valence-corrected chi connectivity index (χ2v) is 15.3. The molecule has 1 unspecified atom stereocenters. The fourth-order valence-electron chi connectivity index (χ4n) is 6.09. The maximum atomic E-state index is 2.67. The molecule has 0 heterocycles. The van der Waals surface area contributed by atoms with Crippen LogP contribution in [0.5, 0.6) is 0 Å². The van der Waals surface area contributed by atoms with Gasteiger partial charge in [0.15, 0.2) is 0 Å². The van der Waals surface area contributed by atoms with E-state index in [-0.39, 0.29) is 51.9 Å². The minimum Gasteiger partial charge on any atom is -1.00 e. The molecule has 2 aliphatic carbocycles. The molecule has 200 valence electrons. The zero-order chi connectivity index (χ0) is 24.7. The zero-order valence-corrected chi connectivity index (χ0v) is 26.9. The Kier molecular flexibility index (Phi) is 13.2. The van der Waals surface area contributed by atoms with E-state index in [4.69, 9.17) is 0 Å². The molecule has 0 aliphatic heterocycles. The molecule has 5 rings (SSSR count). The first-order valence-corrected chi connectivity index (χ1v) is 17.8. The number of hydrogen-bond donors (Lipinski definition) is 0. The molecular weight excluding hydrogens is 558 g/mol. The van der Waals surface area contributed by atoms with Crippen LogP contribution in [0.25, 0.3) is 17.2 Å². The van der Waals surface area contributed by atoms with Crippen molar-refractivity contribution in [1.29, 1.82) is 0 Å². The van der Waals surface area contributed by atoms with E-state index in [1.54, 1.807) is 16.7 Å². The van der Waals surface area contributed by atoms with E-state index in [1.807, 2.05) is 5.31 Å². The fraction of sp³-hybridized carbons (Fsp3) is 0.412. The topological polar surface area (TPSA) is 0 Å². The van der Waals surface area contributed by atoms with Crippen LogP contribution in [0, 0.1) is 0 Å². The predicted molar refractivity (Wildman–Crippen MR) is 156 cm³/mol. The molecule has 4 heteroatoms. The normalized spacial score (nSPS) is 15.1. The summed E-state index contributed by atoms with van der Waals surface area (Å²) in [4.78, 5) is 0. The minimum absolute atomic E-state index is 0. The molecule has 3 aromatic rings. The summed E-state index contributed by atoms with van der Waals surface area (Å²) < 4.78 is 1.31. The van der Waals surface area contributed by atoms with Crippen LogP contribution in [-0.2, 0) is 19.2 Å². The Labute approximate surface area is 254 Å². The van der Waals surface area contributed by atoms with Gasteiger partial charge in [0.1, 0.15) is 0 Å². The van der Waals surface area contributed by atoms with Gasteiger partial charge in [-0.05, 0) is 0 Å². The summed E-state index contributed by atoms with van der Waals surface area (Å²) in [6, 6.07) is 27.9. The third kappa shape index (κ3) is 7.06. The van der Waals surface area contributed by atoms with Crippen molar-refractivity contribution in [2.45, 2.75) is 73.7 Å². The van der Waals surface area contributed by atoms with Crippen molar-refractivity contribution in [3.05, 3.63) is 100 Å². The molecule has 0 fully saturated rings. The number of rotatable bonds is 13. The number of halogens is 2. The first kappa shape index (κ1) is 31.6. The molecule has 0 radical (unpaired) electrons. The smallest absolute Gasteiger partial charge is 1.00 e. The van der Waals surface area contributed by atoms with Gasteiger partial charge < -0.3 is 24.8 Å². The number of fused-ring (bicyclic) bond motifs is 4. The van der Waals surface area contributed by atoms with Crippen molar-refractivity contribution in [3.8, 4) is 11.1 Å². The van der Waals surface area contributed by atoms with E-state index in [9.17, 15) is 0 Å². The second-order valence-electron chi connectivity index (χ2n) is 10.5. The molecule has 3 aromatic carbocycles. The molecular formula is C34H41Cl2PTi. The van der Waals surface area contributed by atoms with Gasteiger partial charge in [-0.15, -0.1) is 0 Å². The molecule has 0 amide bonds. The van der Waals surface area contributed by atoms with Crippen molar-refractivity contribution in [1.82, 2.24) is 0 Å². The minimum atomic E-state index is -0.302. The van der Waals surface area contributed by atoms with Gasteiger partial charge in [-0.25, -0.2) is 0 Å². The van der Waals surface area contributed by atoms with Crippen LogP contribution in [0.3, 0.4) is 0 Å². The Morgan fingerprint density at radius 3 is 1.63 bits per heavy atom. The number of allylic oxidation sites excluding steroid dienone is 1. The fourth-order valence-corrected chi connectivity index (χ4v) is 13.0. The summed E-state index contributed by atoms with van der Waals surface area (Å²) >= 11 is -0.302. The predicted octanol–water partition coefficient (Wildman–Crippen LogP) is 4.59. The molecule has 38 heavy (non-hydrogen) atoms. The van der Waals surface area contributed by atoms with Crippen LogP contribution in [0.15, 0.2) is 78.1 Å². The molecule has 0 nitrogen and oxygen atoms in total. The molecule has 0 N–H and O–H groups in total. The SMILES string of the molecule is CCCCCCP(CCCCCC)C1=Cc2ccccc2[CH]1[Ti+2][CH]1c2ccccc2-c2ccccc21.[Cl-].[Cl-]. The van der Waals surface area contributed by atoms with E-state index < -0.39 is 0 Å². The maximum Gasteiger partial charge on any atom is -1.00 e. The Bertz CT molecular complexity index is 1130. The van der Waals surface area contributed by atoms with Crippen LogP contribution >= 0.6 is 7.92 Å². The molecule has 0 saturated heterocycles. The van der Waals surface area contributed by atoms with E-state index >= 15 is 0 Å². The summed E-state index contributed by atoms with van der Waals surface area (Å²) in [5.74, 6) is 0. The molecule has 0 bridgehead atoms. The summed E-state index contributed by atoms with van der Waals surface area (Å²) in [7, 11) is -0.0431. The Balaban J connectivity index is 0.00000200. The van der Waals surface area contributed by atoms with Crippen LogP contribution in [0.2, 0.25) is 0 Å². The van der Waals surface area contributed by atoms with Gasteiger partial charge in [0.05, 0.1) is 0 Å². The number of hydrogen-bond acceptors (Lipinski definition) is 0. The van der Waals surface area contributed by atoms with Gasteiger partial charge in [0.2, 0.25) is 0 Å². The maximum absolute atomic E-state index is 2.67. The second kappa shape index (κ2) is 15.8. The van der Waals surface area contributed by atoms with Gasteiger partial charge >= 0.3 is 231 Å². The number of benzene rings is 3. The van der Waals surface area contributed by atoms with E-state index in [2.05, 4.69) is 92.7 Å². The van der Waals surface area contributed by atoms with Crippen LogP contribution in [-0.4, -0.2) is 12.3 Å². The van der Waals surface area contributed by atoms with E-state index in [0.29, 0.717) is 8.45 Å². The standard InChI is InChI=1S/C21H32P.C13H9.2ClH.Ti/c1-3-5-7-11-15-22(16-12-8-6-4-2)21-17-19-13-9-10-14-20(19)18-21;1-3-7-12-10(5-1)9-11-6-2-4-8-13(11)12;;;/h9-10,13-14,17-18H,3-8,11-12,15-16H2,1-2H3;1-9H;2*1H;/q;;;;+2/p-2. The summed E-state index contributed by atoms with van der Waals surface area (Å²) in [5, 5.41) is 1.86. The van der Waals surface area contributed by atoms with Crippen LogP contribution < -0.4 is 24.8 Å². The average Bonchev–Trinajstić information content (AvgIpc) is 3.44. The van der Waals surface area contributed by atoms with Crippen molar-refractivity contribution in [2.75, 3.05) is 12.3 Å². The quantitative estimate of drug-likeness (QED) is 0.153. The van der Waals surface area contributed by atoms with E-state index in [1.165, 1.54) is 80.4 Å². The summed E-state index contributed by atoms with van der Waals surface area (Å²) in [6.07, 6.45) is 16.7. The van der Waals surface area contributed by atoms with E-state index in [0.717, 1.165) is 0 Å². The largest absolute Gasteiger partial charge is 1.00 e. The summed E-state index contributed by atoms with van der Waals surface area (Å²) in [5.41, 5.74) is 9.33. The van der Waals surface area contributed by atoms with Gasteiger partial charge in [0.25, 0.3) is 0 Å². The van der Waals surface area contributed by atoms with Crippen LogP contribution in [0.1, 0.15) is 95.9 Å². The van der Waals surface area contributed by atoms with Crippen LogP contribution in [0.4, 0.5) is 0 Å². The van der Waals surface area contributed by atoms with Gasteiger partial charge in [-0.2, -0.15) is 0 Å². The first-order chi connectivity index (χ1) is 17.8. The Morgan fingerprint density at radius 1 is 0.579 bits per heavy atom. The molecule has 0 spiro atoms. The Hall–Kier alpha value is -0.876. The van der Waals surface area contributed by atoms with Gasteiger partial charge in [-0.3, -0.25) is 0 Å². The third-order valence-corrected chi connectivity index (χ3v) is 14.2. The summed E-state index contributed by atoms with van der Waals surface area (Å²) in [6.45, 7) is 4.67. The van der Waals surface area contributed by atoms with Crippen molar-refractivity contribution in [3.63, 3.8) is 0 Å². The first-order valence-electron chi connectivity index (χ1n) is 14.3. The van der Waals surface area contributed by atoms with Crippen molar-refractivity contribution in [2.24, 2.45) is 0 Å². The monoisotopic (exact) mass is 598 g/mol. The zero-order valence-electron chi connectivity index (χ0n) is 22.9. The van der Waals surface area contributed by atoms with Crippen molar-refractivity contribution >= 4 is 14.0 Å². The number of unbranched alkanes of at least 4 members (excludes halogenated alkanes) is 6. The van der Waals surface area contributed by atoms with Crippen molar-refractivity contribution < 1.29 is 44.0 Å². The molecule has 1 atom stereocenters. The molecule has 0 saturated carbocycles. The van der Waals surface area contributed by atoms with Gasteiger partial charge in [0, 0.05) is 0 Å². The molecule has 2 aliphatic rings. The van der Waals surface area contributed by atoms with Gasteiger partial charge in [-0.1, -0.05) is 0 Å². The third-order valence-electron chi connectivity index (χ3n) is 8.00.